The predicted octanol–water partition coefficient (Wildman–Crippen LogP) is 2.10. The fourth-order valence-electron chi connectivity index (χ4n) is 0.573. The van der Waals surface area contributed by atoms with Crippen molar-refractivity contribution in [3.63, 3.8) is 0 Å². The van der Waals surface area contributed by atoms with Gasteiger partial charge < -0.3 is 5.73 Å². The number of nitrogens with two attached hydrogens (primary N) is 1. The largest absolute Gasteiger partial charge is 0.417 e. The summed E-state index contributed by atoms with van der Waals surface area (Å²) in [6.07, 6.45) is -3.63. The summed E-state index contributed by atoms with van der Waals surface area (Å²) in [6, 6.07) is 2.01. The Hall–Kier alpha value is -0.970. The zero-order valence-electron chi connectivity index (χ0n) is 5.80. The van der Waals surface area contributed by atoms with Gasteiger partial charge in [0.1, 0.15) is 5.82 Å². The second-order valence-corrected chi connectivity index (χ2v) is 1.97. The van der Waals surface area contributed by atoms with Crippen molar-refractivity contribution in [3.8, 4) is 0 Å². The normalized spacial score (nSPS) is 10.6. The number of rotatable bonds is 0. The molecule has 6 heteroatoms. The van der Waals surface area contributed by atoms with Crippen LogP contribution in [-0.2, 0) is 6.18 Å². The van der Waals surface area contributed by atoms with Gasteiger partial charge in [0.05, 0.1) is 5.56 Å². The number of halogens is 4. The van der Waals surface area contributed by atoms with Gasteiger partial charge in [-0.3, -0.25) is 0 Å². The number of nitrogen functional groups attached to an aromatic ring is 1. The third kappa shape index (κ3) is 2.58. The summed E-state index contributed by atoms with van der Waals surface area (Å²) in [5.74, 6) is 0.0815. The zero-order chi connectivity index (χ0) is 8.48. The van der Waals surface area contributed by atoms with E-state index in [0.29, 0.717) is 6.20 Å². The lowest BCUT2D eigenvalue weighted by molar-refractivity contribution is -0.137. The zero-order valence-corrected chi connectivity index (χ0v) is 6.62. The number of hydrogen-bond donors (Lipinski definition) is 1. The maximum absolute atomic E-state index is 11.8. The molecule has 0 bridgehead atoms. The first-order valence-corrected chi connectivity index (χ1v) is 2.79. The summed E-state index contributed by atoms with van der Waals surface area (Å²) in [5.41, 5.74) is 4.31. The molecule has 2 N–H and O–H groups in total. The average Bonchev–Trinajstić information content (AvgIpc) is 1.86. The Morgan fingerprint density at radius 2 is 1.83 bits per heavy atom. The van der Waals surface area contributed by atoms with Crippen LogP contribution < -0.4 is 5.73 Å². The monoisotopic (exact) mass is 198 g/mol. The van der Waals surface area contributed by atoms with Crippen molar-refractivity contribution in [2.45, 2.75) is 6.18 Å². The maximum Gasteiger partial charge on any atom is 0.417 e. The standard InChI is InChI=1S/C6H5F3N2.ClH/c7-6(8,9)4-1-2-5(10)11-3-4;/h1-3H,(H2,10,11);1H. The second-order valence-electron chi connectivity index (χ2n) is 1.97. The molecule has 1 aromatic rings. The van der Waals surface area contributed by atoms with Gasteiger partial charge in [0.15, 0.2) is 0 Å². The van der Waals surface area contributed by atoms with Crippen LogP contribution in [0.5, 0.6) is 0 Å². The molecule has 0 radical (unpaired) electrons. The summed E-state index contributed by atoms with van der Waals surface area (Å²) < 4.78 is 35.5. The Bertz CT molecular complexity index is 244. The molecule has 0 fully saturated rings. The van der Waals surface area contributed by atoms with Crippen molar-refractivity contribution in [1.82, 2.24) is 4.98 Å². The molecule has 1 heterocycles. The highest BCUT2D eigenvalue weighted by Gasteiger charge is 2.30. The highest BCUT2D eigenvalue weighted by Crippen LogP contribution is 2.28. The van der Waals surface area contributed by atoms with E-state index in [1.807, 2.05) is 0 Å². The maximum atomic E-state index is 11.8. The first-order chi connectivity index (χ1) is 5.00. The molecule has 0 atom stereocenters. The van der Waals surface area contributed by atoms with E-state index in [4.69, 9.17) is 5.73 Å². The molecule has 0 saturated heterocycles. The predicted molar refractivity (Wildman–Crippen MR) is 40.9 cm³/mol. The highest BCUT2D eigenvalue weighted by molar-refractivity contribution is 5.85. The van der Waals surface area contributed by atoms with Gasteiger partial charge in [-0.05, 0) is 12.1 Å². The van der Waals surface area contributed by atoms with Crippen LogP contribution in [-0.4, -0.2) is 4.98 Å². The molecule has 1 rings (SSSR count). The van der Waals surface area contributed by atoms with Crippen LogP contribution in [0, 0.1) is 0 Å². The van der Waals surface area contributed by atoms with Crippen LogP contribution in [0.25, 0.3) is 0 Å². The van der Waals surface area contributed by atoms with Crippen molar-refractivity contribution in [2.75, 3.05) is 5.73 Å². The van der Waals surface area contributed by atoms with Crippen LogP contribution >= 0.6 is 12.4 Å². The Morgan fingerprint density at radius 3 is 2.17 bits per heavy atom. The smallest absolute Gasteiger partial charge is 0.384 e. The van der Waals surface area contributed by atoms with Crippen molar-refractivity contribution in [2.24, 2.45) is 0 Å². The van der Waals surface area contributed by atoms with Gasteiger partial charge in [0.25, 0.3) is 0 Å². The van der Waals surface area contributed by atoms with Crippen molar-refractivity contribution >= 4 is 18.2 Å². The van der Waals surface area contributed by atoms with Crippen LogP contribution in [0.2, 0.25) is 0 Å². The first kappa shape index (κ1) is 11.0. The quantitative estimate of drug-likeness (QED) is 0.694. The van der Waals surface area contributed by atoms with Crippen LogP contribution in [0.15, 0.2) is 18.3 Å². The fourth-order valence-corrected chi connectivity index (χ4v) is 0.573. The Labute approximate surface area is 73.0 Å². The molecule has 0 amide bonds. The average molecular weight is 199 g/mol. The van der Waals surface area contributed by atoms with Gasteiger partial charge in [-0.1, -0.05) is 0 Å². The fraction of sp³-hybridized carbons (Fsp3) is 0.167. The minimum absolute atomic E-state index is 0. The number of alkyl halides is 3. The minimum atomic E-state index is -4.33. The van der Waals surface area contributed by atoms with E-state index in [9.17, 15) is 13.2 Å². The molecule has 12 heavy (non-hydrogen) atoms. The van der Waals surface area contributed by atoms with E-state index in [2.05, 4.69) is 4.98 Å². The molecule has 68 valence electrons. The van der Waals surface area contributed by atoms with E-state index in [0.717, 1.165) is 12.1 Å². The van der Waals surface area contributed by atoms with Crippen LogP contribution in [0.3, 0.4) is 0 Å². The number of hydrogen-bond acceptors (Lipinski definition) is 2. The molecule has 0 aliphatic rings. The van der Waals surface area contributed by atoms with E-state index < -0.39 is 11.7 Å². The molecule has 0 aliphatic carbocycles. The Balaban J connectivity index is 0.00000121. The molecule has 2 nitrogen and oxygen atoms in total. The summed E-state index contributed by atoms with van der Waals surface area (Å²) in [5, 5.41) is 0. The SMILES string of the molecule is Cl.Nc1ccc(C(F)(F)F)cn1. The number of anilines is 1. The van der Waals surface area contributed by atoms with Gasteiger partial charge >= 0.3 is 6.18 Å². The lowest BCUT2D eigenvalue weighted by Gasteiger charge is -2.04. The van der Waals surface area contributed by atoms with Crippen LogP contribution in [0.1, 0.15) is 5.56 Å². The second kappa shape index (κ2) is 3.62. The number of nitrogens with zero attached hydrogens (tertiary/aromatic N) is 1. The van der Waals surface area contributed by atoms with Gasteiger partial charge in [-0.2, -0.15) is 13.2 Å². The summed E-state index contributed by atoms with van der Waals surface area (Å²) >= 11 is 0. The van der Waals surface area contributed by atoms with Crippen molar-refractivity contribution in [1.29, 1.82) is 0 Å². The van der Waals surface area contributed by atoms with Gasteiger partial charge in [0, 0.05) is 6.20 Å². The minimum Gasteiger partial charge on any atom is -0.384 e. The molecule has 0 saturated carbocycles. The van der Waals surface area contributed by atoms with E-state index in [1.54, 1.807) is 0 Å². The summed E-state index contributed by atoms with van der Waals surface area (Å²) in [6.45, 7) is 0. The molecule has 1 aromatic heterocycles. The molecule has 0 aliphatic heterocycles. The number of pyridine rings is 1. The van der Waals surface area contributed by atoms with Gasteiger partial charge in [0.2, 0.25) is 0 Å². The van der Waals surface area contributed by atoms with E-state index >= 15 is 0 Å². The summed E-state index contributed by atoms with van der Waals surface area (Å²) in [7, 11) is 0. The van der Waals surface area contributed by atoms with E-state index in [-0.39, 0.29) is 18.2 Å². The lowest BCUT2D eigenvalue weighted by Crippen LogP contribution is -2.05. The molecular weight excluding hydrogens is 193 g/mol. The van der Waals surface area contributed by atoms with Gasteiger partial charge in [-0.15, -0.1) is 12.4 Å². The molecule has 0 spiro atoms. The molecule has 0 unspecified atom stereocenters. The van der Waals surface area contributed by atoms with E-state index in [1.165, 1.54) is 0 Å². The first-order valence-electron chi connectivity index (χ1n) is 2.79. The Kier molecular flexibility index (Phi) is 3.33. The number of aromatic nitrogens is 1. The molecular formula is C6H6ClF3N2. The van der Waals surface area contributed by atoms with Crippen molar-refractivity contribution < 1.29 is 13.2 Å². The highest BCUT2D eigenvalue weighted by atomic mass is 35.5. The van der Waals surface area contributed by atoms with Crippen molar-refractivity contribution in [3.05, 3.63) is 23.9 Å². The third-order valence-electron chi connectivity index (χ3n) is 1.11. The van der Waals surface area contributed by atoms with Crippen LogP contribution in [0.4, 0.5) is 19.0 Å². The summed E-state index contributed by atoms with van der Waals surface area (Å²) in [4.78, 5) is 3.30. The van der Waals surface area contributed by atoms with Gasteiger partial charge in [-0.25, -0.2) is 4.98 Å². The molecule has 0 aromatic carbocycles. The Morgan fingerprint density at radius 1 is 1.25 bits per heavy atom. The third-order valence-corrected chi connectivity index (χ3v) is 1.11. The lowest BCUT2D eigenvalue weighted by atomic mass is 10.3. The topological polar surface area (TPSA) is 38.9 Å².